The zero-order chi connectivity index (χ0) is 30.6. The SMILES string of the molecule is COC(=N)/C(=C\C(=N)c1ccc(CN[C@H]2C[C@@H](O)[C@@H](N(C)c3nc(OC)nc4sc(CC(F)(F)F)cc34)C2)cc1)OC. The first-order valence-corrected chi connectivity index (χ1v) is 13.9. The number of aliphatic hydroxyl groups is 1. The molecule has 226 valence electrons. The summed E-state index contributed by atoms with van der Waals surface area (Å²) >= 11 is 0.953. The van der Waals surface area contributed by atoms with Gasteiger partial charge in [0.05, 0.1) is 51.0 Å². The van der Waals surface area contributed by atoms with Crippen molar-refractivity contribution >= 4 is 39.0 Å². The van der Waals surface area contributed by atoms with E-state index in [9.17, 15) is 18.3 Å². The number of hydrogen-bond donors (Lipinski definition) is 4. The number of alkyl halides is 3. The van der Waals surface area contributed by atoms with Gasteiger partial charge in [-0.05, 0) is 30.0 Å². The number of anilines is 1. The first-order valence-electron chi connectivity index (χ1n) is 13.0. The number of methoxy groups -OCH3 is 3. The van der Waals surface area contributed by atoms with Crippen LogP contribution < -0.4 is 15.0 Å². The fourth-order valence-corrected chi connectivity index (χ4v) is 5.96. The maximum absolute atomic E-state index is 13.0. The summed E-state index contributed by atoms with van der Waals surface area (Å²) in [5, 5.41) is 30.9. The average Bonchev–Trinajstić information content (AvgIpc) is 3.54. The molecule has 2 aromatic heterocycles. The molecule has 2 heterocycles. The predicted molar refractivity (Wildman–Crippen MR) is 155 cm³/mol. The smallest absolute Gasteiger partial charge is 0.393 e. The van der Waals surface area contributed by atoms with Crippen molar-refractivity contribution in [3.63, 3.8) is 0 Å². The molecule has 10 nitrogen and oxygen atoms in total. The highest BCUT2D eigenvalue weighted by Gasteiger charge is 2.37. The quantitative estimate of drug-likeness (QED) is 0.143. The van der Waals surface area contributed by atoms with Crippen LogP contribution in [0.15, 0.2) is 42.2 Å². The molecule has 4 rings (SSSR count). The van der Waals surface area contributed by atoms with E-state index in [1.54, 1.807) is 24.1 Å². The maximum Gasteiger partial charge on any atom is 0.393 e. The number of nitrogens with one attached hydrogen (secondary N) is 3. The van der Waals surface area contributed by atoms with E-state index in [0.29, 0.717) is 41.0 Å². The van der Waals surface area contributed by atoms with Gasteiger partial charge in [-0.25, -0.2) is 0 Å². The third kappa shape index (κ3) is 7.36. The molecule has 0 bridgehead atoms. The lowest BCUT2D eigenvalue weighted by atomic mass is 10.1. The fourth-order valence-electron chi connectivity index (χ4n) is 4.91. The highest BCUT2D eigenvalue weighted by molar-refractivity contribution is 7.18. The van der Waals surface area contributed by atoms with Crippen LogP contribution in [0.3, 0.4) is 0 Å². The molecule has 0 radical (unpaired) electrons. The Kier molecular flexibility index (Phi) is 9.69. The summed E-state index contributed by atoms with van der Waals surface area (Å²) in [6.07, 6.45) is -3.58. The Hall–Kier alpha value is -3.75. The number of aromatic nitrogens is 2. The first-order chi connectivity index (χ1) is 19.9. The van der Waals surface area contributed by atoms with Gasteiger partial charge in [-0.1, -0.05) is 24.3 Å². The van der Waals surface area contributed by atoms with Crippen LogP contribution in [0.25, 0.3) is 10.2 Å². The molecular weight excluding hydrogens is 573 g/mol. The van der Waals surface area contributed by atoms with Crippen LogP contribution in [-0.2, 0) is 22.4 Å². The van der Waals surface area contributed by atoms with E-state index in [1.807, 2.05) is 12.1 Å². The van der Waals surface area contributed by atoms with Gasteiger partial charge in [0, 0.05) is 30.6 Å². The summed E-state index contributed by atoms with van der Waals surface area (Å²) in [6, 6.07) is 8.58. The van der Waals surface area contributed by atoms with Gasteiger partial charge in [-0.15, -0.1) is 11.3 Å². The van der Waals surface area contributed by atoms with E-state index < -0.39 is 18.7 Å². The van der Waals surface area contributed by atoms with Crippen molar-refractivity contribution in [3.05, 3.63) is 58.2 Å². The zero-order valence-electron chi connectivity index (χ0n) is 23.6. The minimum Gasteiger partial charge on any atom is -0.491 e. The Morgan fingerprint density at radius 3 is 2.48 bits per heavy atom. The Balaban J connectivity index is 1.42. The first kappa shape index (κ1) is 31.2. The number of benzene rings is 1. The van der Waals surface area contributed by atoms with E-state index in [1.165, 1.54) is 33.5 Å². The van der Waals surface area contributed by atoms with Crippen molar-refractivity contribution in [2.75, 3.05) is 33.3 Å². The Morgan fingerprint density at radius 1 is 1.14 bits per heavy atom. The molecule has 42 heavy (non-hydrogen) atoms. The standard InChI is InChI=1S/C28H33F3N6O4S/c1-37(25-19-11-18(13-28(29,30)31)42-26(19)36-27(35-25)41-4)21-9-17(10-22(21)38)34-14-15-5-7-16(8-6-15)20(32)12-23(39-2)24(33)40-3/h5-8,11-12,17,21-22,32-34,38H,9-10,13-14H2,1-4H3/b23-12+,32-20?,33-24?/t17-,21+,22-/m1/s1. The van der Waals surface area contributed by atoms with Gasteiger partial charge in [-0.2, -0.15) is 23.1 Å². The number of fused-ring (bicyclic) bond motifs is 1. The van der Waals surface area contributed by atoms with E-state index in [2.05, 4.69) is 15.3 Å². The molecule has 1 aliphatic rings. The minimum absolute atomic E-state index is 0.0137. The number of likely N-dealkylation sites (N-methyl/N-ethyl adjacent to an activating group) is 1. The zero-order valence-corrected chi connectivity index (χ0v) is 24.4. The minimum atomic E-state index is -4.34. The Labute approximate surface area is 245 Å². The average molecular weight is 607 g/mol. The highest BCUT2D eigenvalue weighted by atomic mass is 32.1. The molecular formula is C28H33F3N6O4S. The number of allylic oxidation sites excluding steroid dienone is 1. The van der Waals surface area contributed by atoms with Crippen LogP contribution in [0.5, 0.6) is 6.01 Å². The van der Waals surface area contributed by atoms with Crippen molar-refractivity contribution in [1.82, 2.24) is 15.3 Å². The third-order valence-corrected chi connectivity index (χ3v) is 8.10. The number of halogens is 3. The molecule has 3 atom stereocenters. The number of rotatable bonds is 11. The molecule has 3 aromatic rings. The monoisotopic (exact) mass is 606 g/mol. The lowest BCUT2D eigenvalue weighted by Gasteiger charge is -2.28. The van der Waals surface area contributed by atoms with Gasteiger partial charge < -0.3 is 34.9 Å². The van der Waals surface area contributed by atoms with Gasteiger partial charge in [0.25, 0.3) is 0 Å². The number of nitrogens with zero attached hydrogens (tertiary/aromatic N) is 3. The van der Waals surface area contributed by atoms with Crippen molar-refractivity contribution in [2.24, 2.45) is 0 Å². The summed E-state index contributed by atoms with van der Waals surface area (Å²) in [4.78, 5) is 11.0. The molecule has 0 spiro atoms. The van der Waals surface area contributed by atoms with E-state index in [0.717, 1.165) is 16.9 Å². The number of hydrogen-bond acceptors (Lipinski definition) is 11. The second kappa shape index (κ2) is 13.0. The fraction of sp³-hybridized carbons (Fsp3) is 0.429. The molecule has 1 aliphatic carbocycles. The predicted octanol–water partition coefficient (Wildman–Crippen LogP) is 4.44. The van der Waals surface area contributed by atoms with Crippen LogP contribution in [0.1, 0.15) is 28.8 Å². The molecule has 0 saturated heterocycles. The lowest BCUT2D eigenvalue weighted by Crippen LogP contribution is -2.38. The summed E-state index contributed by atoms with van der Waals surface area (Å²) < 4.78 is 54.3. The summed E-state index contributed by atoms with van der Waals surface area (Å²) in [6.45, 7) is 0.534. The Morgan fingerprint density at radius 2 is 1.86 bits per heavy atom. The molecule has 1 saturated carbocycles. The molecule has 4 N–H and O–H groups in total. The van der Waals surface area contributed by atoms with E-state index >= 15 is 0 Å². The van der Waals surface area contributed by atoms with Crippen LogP contribution in [0.4, 0.5) is 19.0 Å². The van der Waals surface area contributed by atoms with Crippen LogP contribution in [0, 0.1) is 10.8 Å². The van der Waals surface area contributed by atoms with Crippen molar-refractivity contribution in [3.8, 4) is 6.01 Å². The lowest BCUT2D eigenvalue weighted by molar-refractivity contribution is -0.126. The Bertz CT molecular complexity index is 1460. The summed E-state index contributed by atoms with van der Waals surface area (Å²) in [7, 11) is 5.93. The number of ether oxygens (including phenoxy) is 3. The molecule has 0 unspecified atom stereocenters. The topological polar surface area (TPSA) is 137 Å². The summed E-state index contributed by atoms with van der Waals surface area (Å²) in [5.41, 5.74) is 1.80. The number of aliphatic hydroxyl groups excluding tert-OH is 1. The van der Waals surface area contributed by atoms with Crippen LogP contribution in [-0.4, -0.2) is 79.4 Å². The van der Waals surface area contributed by atoms with Crippen molar-refractivity contribution < 1.29 is 32.5 Å². The van der Waals surface area contributed by atoms with Gasteiger partial charge in [0.2, 0.25) is 5.90 Å². The molecule has 0 aliphatic heterocycles. The molecule has 0 amide bonds. The largest absolute Gasteiger partial charge is 0.491 e. The van der Waals surface area contributed by atoms with Crippen LogP contribution in [0.2, 0.25) is 0 Å². The second-order valence-corrected chi connectivity index (χ2v) is 11.0. The van der Waals surface area contributed by atoms with Gasteiger partial charge in [-0.3, -0.25) is 5.41 Å². The molecule has 1 aromatic carbocycles. The van der Waals surface area contributed by atoms with Gasteiger partial charge >= 0.3 is 12.2 Å². The maximum atomic E-state index is 13.0. The van der Waals surface area contributed by atoms with Crippen molar-refractivity contribution in [2.45, 2.75) is 50.2 Å². The summed E-state index contributed by atoms with van der Waals surface area (Å²) in [5.74, 6) is 0.389. The van der Waals surface area contributed by atoms with Crippen molar-refractivity contribution in [1.29, 1.82) is 10.8 Å². The van der Waals surface area contributed by atoms with Gasteiger partial charge in [0.1, 0.15) is 10.6 Å². The van der Waals surface area contributed by atoms with Gasteiger partial charge in [0.15, 0.2) is 5.76 Å². The molecule has 1 fully saturated rings. The highest BCUT2D eigenvalue weighted by Crippen LogP contribution is 2.37. The second-order valence-electron chi connectivity index (χ2n) is 9.91. The normalized spacial score (nSPS) is 19.1. The van der Waals surface area contributed by atoms with E-state index in [-0.39, 0.29) is 40.3 Å². The molecule has 14 heteroatoms. The third-order valence-electron chi connectivity index (χ3n) is 7.07. The number of thiophene rings is 1. The van der Waals surface area contributed by atoms with E-state index in [4.69, 9.17) is 25.0 Å². The van der Waals surface area contributed by atoms with Crippen LogP contribution >= 0.6 is 11.3 Å².